The highest BCUT2D eigenvalue weighted by Crippen LogP contribution is 2.40. The second kappa shape index (κ2) is 9.25. The molecular weight excluding hydrogens is 454 g/mol. The number of carboxylic acid groups (broad SMARTS) is 1. The van der Waals surface area contributed by atoms with Gasteiger partial charge in [-0.05, 0) is 39.9 Å². The van der Waals surface area contributed by atoms with Crippen LogP contribution in [0.4, 0.5) is 5.82 Å². The first kappa shape index (κ1) is 23.4. The van der Waals surface area contributed by atoms with Crippen molar-refractivity contribution in [2.75, 3.05) is 5.32 Å². The molecule has 1 aliphatic rings. The summed E-state index contributed by atoms with van der Waals surface area (Å²) in [6, 6.07) is 21.2. The third-order valence-electron chi connectivity index (χ3n) is 6.19. The Morgan fingerprint density at radius 2 is 1.61 bits per heavy atom. The van der Waals surface area contributed by atoms with Gasteiger partial charge in [-0.3, -0.25) is 0 Å². The SMILES string of the molecule is CC(C)(C)[Si](O[C@H]1C[C@H](Nc2nc(Cl)ncc2C(=O)O)C1)(c1ccccc1)c1ccccc1. The number of nitrogens with zero attached hydrogens (tertiary/aromatic N) is 2. The second-order valence-electron chi connectivity index (χ2n) is 9.42. The Labute approximate surface area is 200 Å². The van der Waals surface area contributed by atoms with Crippen LogP contribution in [-0.2, 0) is 4.43 Å². The van der Waals surface area contributed by atoms with E-state index in [1.54, 1.807) is 0 Å². The van der Waals surface area contributed by atoms with Crippen molar-refractivity contribution in [3.8, 4) is 0 Å². The molecule has 0 amide bonds. The van der Waals surface area contributed by atoms with Crippen LogP contribution in [0.2, 0.25) is 10.3 Å². The highest BCUT2D eigenvalue weighted by Gasteiger charge is 2.52. The average molecular weight is 482 g/mol. The van der Waals surface area contributed by atoms with Gasteiger partial charge in [0.2, 0.25) is 5.28 Å². The number of aromatic nitrogens is 2. The fourth-order valence-electron chi connectivity index (χ4n) is 4.54. The van der Waals surface area contributed by atoms with E-state index >= 15 is 0 Å². The largest absolute Gasteiger partial charge is 0.477 e. The number of aromatic carboxylic acids is 1. The van der Waals surface area contributed by atoms with Crippen molar-refractivity contribution in [1.82, 2.24) is 9.97 Å². The van der Waals surface area contributed by atoms with Gasteiger partial charge in [-0.15, -0.1) is 0 Å². The number of anilines is 1. The lowest BCUT2D eigenvalue weighted by molar-refractivity contribution is 0.0696. The Morgan fingerprint density at radius 3 is 2.09 bits per heavy atom. The molecule has 1 heterocycles. The van der Waals surface area contributed by atoms with Gasteiger partial charge < -0.3 is 14.8 Å². The standard InChI is InChI=1S/C25H28ClN3O3Si/c1-25(2,3)33(19-10-6-4-7-11-19,20-12-8-5-9-13-20)32-18-14-17(15-18)28-22-21(23(30)31)16-27-24(26)29-22/h4-13,16-18H,14-15H2,1-3H3,(H,30,31)(H,27,28,29)/t17-,18-. The molecule has 1 saturated carbocycles. The first-order valence-electron chi connectivity index (χ1n) is 11.0. The summed E-state index contributed by atoms with van der Waals surface area (Å²) in [6.45, 7) is 6.78. The molecule has 3 aromatic rings. The van der Waals surface area contributed by atoms with Gasteiger partial charge >= 0.3 is 5.97 Å². The number of hydrogen-bond donors (Lipinski definition) is 2. The number of carbonyl (C=O) groups is 1. The van der Waals surface area contributed by atoms with Gasteiger partial charge in [-0.1, -0.05) is 81.4 Å². The number of hydrogen-bond acceptors (Lipinski definition) is 5. The first-order valence-corrected chi connectivity index (χ1v) is 13.3. The van der Waals surface area contributed by atoms with Crippen LogP contribution in [0.1, 0.15) is 44.0 Å². The maximum atomic E-state index is 11.5. The summed E-state index contributed by atoms with van der Waals surface area (Å²) in [6.07, 6.45) is 2.80. The Bertz CT molecular complexity index is 1080. The minimum absolute atomic E-state index is 0.00996. The van der Waals surface area contributed by atoms with E-state index < -0.39 is 14.3 Å². The van der Waals surface area contributed by atoms with Gasteiger partial charge in [-0.25, -0.2) is 9.78 Å². The van der Waals surface area contributed by atoms with Crippen molar-refractivity contribution in [1.29, 1.82) is 0 Å². The Balaban J connectivity index is 1.59. The molecule has 2 aromatic carbocycles. The van der Waals surface area contributed by atoms with Crippen LogP contribution in [0.5, 0.6) is 0 Å². The molecule has 8 heteroatoms. The molecule has 0 bridgehead atoms. The maximum absolute atomic E-state index is 11.5. The smallest absolute Gasteiger partial charge is 0.341 e. The summed E-state index contributed by atoms with van der Waals surface area (Å²) < 4.78 is 7.10. The Morgan fingerprint density at radius 1 is 1.06 bits per heavy atom. The van der Waals surface area contributed by atoms with E-state index in [9.17, 15) is 9.90 Å². The molecule has 0 unspecified atom stereocenters. The minimum atomic E-state index is -2.61. The quantitative estimate of drug-likeness (QED) is 0.385. The predicted molar refractivity (Wildman–Crippen MR) is 133 cm³/mol. The number of carboxylic acids is 1. The van der Waals surface area contributed by atoms with Crippen LogP contribution >= 0.6 is 11.6 Å². The molecule has 4 rings (SSSR count). The van der Waals surface area contributed by atoms with E-state index in [0.29, 0.717) is 0 Å². The molecule has 0 aliphatic heterocycles. The van der Waals surface area contributed by atoms with Crippen molar-refractivity contribution < 1.29 is 14.3 Å². The van der Waals surface area contributed by atoms with Crippen LogP contribution in [0.3, 0.4) is 0 Å². The Hall–Kier alpha value is -2.74. The molecule has 2 N–H and O–H groups in total. The molecule has 0 saturated heterocycles. The average Bonchev–Trinajstić information content (AvgIpc) is 2.75. The predicted octanol–water partition coefficient (Wildman–Crippen LogP) is 4.35. The van der Waals surface area contributed by atoms with E-state index in [1.165, 1.54) is 16.6 Å². The summed E-state index contributed by atoms with van der Waals surface area (Å²) in [5.74, 6) is -0.843. The molecule has 6 nitrogen and oxygen atoms in total. The van der Waals surface area contributed by atoms with Crippen LogP contribution in [0, 0.1) is 0 Å². The van der Waals surface area contributed by atoms with Gasteiger partial charge in [0.15, 0.2) is 0 Å². The molecule has 1 fully saturated rings. The van der Waals surface area contributed by atoms with E-state index in [1.807, 2.05) is 12.1 Å². The van der Waals surface area contributed by atoms with Gasteiger partial charge in [0, 0.05) is 18.3 Å². The molecule has 0 spiro atoms. The summed E-state index contributed by atoms with van der Waals surface area (Å²) in [5, 5.41) is 15.1. The molecule has 1 aromatic heterocycles. The van der Waals surface area contributed by atoms with Gasteiger partial charge in [0.05, 0.1) is 0 Å². The molecule has 0 atom stereocenters. The highest BCUT2D eigenvalue weighted by atomic mass is 35.5. The number of nitrogens with one attached hydrogen (secondary N) is 1. The van der Waals surface area contributed by atoms with Crippen molar-refractivity contribution in [2.45, 2.75) is 50.8 Å². The van der Waals surface area contributed by atoms with Crippen LogP contribution in [0.25, 0.3) is 0 Å². The maximum Gasteiger partial charge on any atom is 0.341 e. The lowest BCUT2D eigenvalue weighted by Crippen LogP contribution is -2.69. The van der Waals surface area contributed by atoms with Gasteiger partial charge in [0.25, 0.3) is 8.32 Å². The van der Waals surface area contributed by atoms with Crippen LogP contribution < -0.4 is 15.7 Å². The Kier molecular flexibility index (Phi) is 6.56. The number of halogens is 1. The summed E-state index contributed by atoms with van der Waals surface area (Å²) in [7, 11) is -2.61. The zero-order valence-electron chi connectivity index (χ0n) is 19.0. The fraction of sp³-hybridized carbons (Fsp3) is 0.320. The van der Waals surface area contributed by atoms with E-state index in [0.717, 1.165) is 12.8 Å². The summed E-state index contributed by atoms with van der Waals surface area (Å²) in [5.41, 5.74) is 0.00996. The van der Waals surface area contributed by atoms with Crippen molar-refractivity contribution >= 4 is 42.1 Å². The lowest BCUT2D eigenvalue weighted by Gasteiger charge is -2.48. The van der Waals surface area contributed by atoms with Gasteiger partial charge in [0.1, 0.15) is 11.4 Å². The van der Waals surface area contributed by atoms with Gasteiger partial charge in [-0.2, -0.15) is 4.98 Å². The zero-order chi connectivity index (χ0) is 23.6. The third kappa shape index (κ3) is 4.67. The summed E-state index contributed by atoms with van der Waals surface area (Å²) in [4.78, 5) is 19.4. The number of benzene rings is 2. The van der Waals surface area contributed by atoms with E-state index in [2.05, 4.69) is 84.6 Å². The second-order valence-corrected chi connectivity index (χ2v) is 14.0. The fourth-order valence-corrected chi connectivity index (χ4v) is 9.38. The third-order valence-corrected chi connectivity index (χ3v) is 11.5. The zero-order valence-corrected chi connectivity index (χ0v) is 20.7. The van der Waals surface area contributed by atoms with Crippen molar-refractivity contribution in [3.63, 3.8) is 0 Å². The molecule has 172 valence electrons. The van der Waals surface area contributed by atoms with E-state index in [-0.39, 0.29) is 33.8 Å². The van der Waals surface area contributed by atoms with Crippen molar-refractivity contribution in [2.24, 2.45) is 0 Å². The van der Waals surface area contributed by atoms with Crippen LogP contribution in [-0.4, -0.2) is 41.5 Å². The molecule has 0 radical (unpaired) electrons. The van der Waals surface area contributed by atoms with Crippen LogP contribution in [0.15, 0.2) is 66.9 Å². The number of rotatable bonds is 7. The highest BCUT2D eigenvalue weighted by molar-refractivity contribution is 6.99. The van der Waals surface area contributed by atoms with Crippen molar-refractivity contribution in [3.05, 3.63) is 77.7 Å². The lowest BCUT2D eigenvalue weighted by atomic mass is 9.89. The molecule has 33 heavy (non-hydrogen) atoms. The molecule has 1 aliphatic carbocycles. The topological polar surface area (TPSA) is 84.3 Å². The monoisotopic (exact) mass is 481 g/mol. The normalized spacial score (nSPS) is 18.4. The van der Waals surface area contributed by atoms with E-state index in [4.69, 9.17) is 16.0 Å². The molecular formula is C25H28ClN3O3Si. The first-order chi connectivity index (χ1) is 15.7. The minimum Gasteiger partial charge on any atom is -0.477 e. The summed E-state index contributed by atoms with van der Waals surface area (Å²) >= 11 is 5.89.